The van der Waals surface area contributed by atoms with Crippen LogP contribution in [0.5, 0.6) is 0 Å². The van der Waals surface area contributed by atoms with Crippen LogP contribution in [0.15, 0.2) is 5.38 Å². The van der Waals surface area contributed by atoms with Gasteiger partial charge in [0.25, 0.3) is 0 Å². The van der Waals surface area contributed by atoms with E-state index >= 15 is 0 Å². The number of amides is 2. The summed E-state index contributed by atoms with van der Waals surface area (Å²) in [5.74, 6) is 0. The highest BCUT2D eigenvalue weighted by atomic mass is 32.1. The number of unbranched alkanes of at least 4 members (excludes halogenated alkanes) is 1. The highest BCUT2D eigenvalue weighted by Crippen LogP contribution is 2.18. The lowest BCUT2D eigenvalue weighted by atomic mass is 9.89. The Kier molecular flexibility index (Phi) is 7.11. The molecule has 2 amide bonds. The third-order valence-corrected chi connectivity index (χ3v) is 4.25. The van der Waals surface area contributed by atoms with Crippen LogP contribution >= 0.6 is 11.3 Å². The molecule has 0 radical (unpaired) electrons. The van der Waals surface area contributed by atoms with Gasteiger partial charge in [0.05, 0.1) is 11.1 Å². The normalized spacial score (nSPS) is 13.0. The van der Waals surface area contributed by atoms with Crippen LogP contribution in [-0.4, -0.2) is 35.3 Å². The first-order chi connectivity index (χ1) is 9.79. The second-order valence-electron chi connectivity index (χ2n) is 6.36. The molecule has 0 aliphatic heterocycles. The zero-order chi connectivity index (χ0) is 15.9. The van der Waals surface area contributed by atoms with E-state index in [1.54, 1.807) is 11.3 Å². The molecule has 1 unspecified atom stereocenters. The fourth-order valence-corrected chi connectivity index (χ4v) is 2.50. The number of carbonyl (C=O) groups is 1. The van der Waals surface area contributed by atoms with Gasteiger partial charge < -0.3 is 15.7 Å². The van der Waals surface area contributed by atoms with Gasteiger partial charge in [-0.15, -0.1) is 11.3 Å². The quantitative estimate of drug-likeness (QED) is 0.677. The number of nitrogens with one attached hydrogen (secondary N) is 2. The third-order valence-electron chi connectivity index (χ3n) is 3.23. The van der Waals surface area contributed by atoms with Crippen molar-refractivity contribution in [2.24, 2.45) is 5.41 Å². The smallest absolute Gasteiger partial charge is 0.314 e. The molecule has 0 bridgehead atoms. The zero-order valence-corrected chi connectivity index (χ0v) is 14.2. The molecule has 21 heavy (non-hydrogen) atoms. The fourth-order valence-electron chi connectivity index (χ4n) is 1.68. The summed E-state index contributed by atoms with van der Waals surface area (Å²) in [6, 6.07) is -0.219. The second kappa shape index (κ2) is 8.34. The molecule has 1 aromatic rings. The molecule has 1 aromatic heterocycles. The van der Waals surface area contributed by atoms with Crippen LogP contribution in [0.4, 0.5) is 4.79 Å². The number of aliphatic hydroxyl groups is 1. The number of aliphatic hydroxyl groups excluding tert-OH is 1. The molecule has 0 spiro atoms. The molecule has 5 nitrogen and oxygen atoms in total. The Morgan fingerprint density at radius 2 is 2.10 bits per heavy atom. The Labute approximate surface area is 131 Å². The Balaban J connectivity index is 2.06. The summed E-state index contributed by atoms with van der Waals surface area (Å²) in [6.07, 6.45) is 2.35. The number of carbonyl (C=O) groups excluding carboxylic acids is 1. The molecule has 0 aliphatic rings. The van der Waals surface area contributed by atoms with E-state index in [-0.39, 0.29) is 18.0 Å². The minimum absolute atomic E-state index is 0.219. The van der Waals surface area contributed by atoms with Crippen molar-refractivity contribution in [1.29, 1.82) is 0 Å². The van der Waals surface area contributed by atoms with E-state index < -0.39 is 6.10 Å². The first kappa shape index (κ1) is 17.9. The number of aryl methyl sites for hydroxylation is 2. The highest BCUT2D eigenvalue weighted by molar-refractivity contribution is 7.09. The summed E-state index contributed by atoms with van der Waals surface area (Å²) in [6.45, 7) is 8.74. The molecule has 3 N–H and O–H groups in total. The van der Waals surface area contributed by atoms with Crippen molar-refractivity contribution in [2.75, 3.05) is 13.1 Å². The first-order valence-corrected chi connectivity index (χ1v) is 8.28. The van der Waals surface area contributed by atoms with Crippen LogP contribution in [0, 0.1) is 12.3 Å². The first-order valence-electron chi connectivity index (χ1n) is 7.40. The molecule has 1 atom stereocenters. The van der Waals surface area contributed by atoms with Gasteiger partial charge in [-0.05, 0) is 31.6 Å². The standard InChI is InChI=1S/C15H27N3O2S/c1-11-10-21-13(18-11)7-5-6-8-16-14(20)17-9-12(19)15(2,3)4/h10,12,19H,5-9H2,1-4H3,(H2,16,17,20). The zero-order valence-electron chi connectivity index (χ0n) is 13.4. The van der Waals surface area contributed by atoms with Crippen molar-refractivity contribution < 1.29 is 9.90 Å². The summed E-state index contributed by atoms with van der Waals surface area (Å²) in [4.78, 5) is 16.0. The third kappa shape index (κ3) is 7.43. The summed E-state index contributed by atoms with van der Waals surface area (Å²) >= 11 is 1.69. The summed E-state index contributed by atoms with van der Waals surface area (Å²) < 4.78 is 0. The van der Waals surface area contributed by atoms with Gasteiger partial charge in [0.1, 0.15) is 0 Å². The van der Waals surface area contributed by atoms with Gasteiger partial charge in [-0.1, -0.05) is 20.8 Å². The van der Waals surface area contributed by atoms with Crippen LogP contribution in [0.1, 0.15) is 44.3 Å². The van der Waals surface area contributed by atoms with Gasteiger partial charge >= 0.3 is 6.03 Å². The van der Waals surface area contributed by atoms with Crippen LogP contribution in [-0.2, 0) is 6.42 Å². The molecule has 120 valence electrons. The molecule has 0 saturated heterocycles. The number of hydrogen-bond acceptors (Lipinski definition) is 4. The van der Waals surface area contributed by atoms with Gasteiger partial charge in [0, 0.05) is 24.2 Å². The molecule has 0 saturated carbocycles. The minimum atomic E-state index is -0.545. The maximum Gasteiger partial charge on any atom is 0.314 e. The number of rotatable bonds is 7. The highest BCUT2D eigenvalue weighted by Gasteiger charge is 2.22. The summed E-state index contributed by atoms with van der Waals surface area (Å²) in [5, 5.41) is 18.5. The van der Waals surface area contributed by atoms with Crippen molar-refractivity contribution in [2.45, 2.75) is 53.1 Å². The van der Waals surface area contributed by atoms with Gasteiger partial charge in [0.2, 0.25) is 0 Å². The maximum absolute atomic E-state index is 11.6. The molecule has 0 aliphatic carbocycles. The molecule has 1 heterocycles. The predicted molar refractivity (Wildman–Crippen MR) is 86.7 cm³/mol. The topological polar surface area (TPSA) is 74.2 Å². The Morgan fingerprint density at radius 3 is 2.67 bits per heavy atom. The van der Waals surface area contributed by atoms with Crippen molar-refractivity contribution >= 4 is 17.4 Å². The second-order valence-corrected chi connectivity index (χ2v) is 7.30. The average molecular weight is 313 g/mol. The van der Waals surface area contributed by atoms with Gasteiger partial charge in [-0.3, -0.25) is 0 Å². The van der Waals surface area contributed by atoms with Gasteiger partial charge in [-0.2, -0.15) is 0 Å². The maximum atomic E-state index is 11.6. The van der Waals surface area contributed by atoms with Crippen LogP contribution in [0.3, 0.4) is 0 Å². The number of aromatic nitrogens is 1. The molecule has 6 heteroatoms. The van der Waals surface area contributed by atoms with Gasteiger partial charge in [0.15, 0.2) is 0 Å². The van der Waals surface area contributed by atoms with E-state index in [1.165, 1.54) is 0 Å². The van der Waals surface area contributed by atoms with E-state index in [9.17, 15) is 9.90 Å². The van der Waals surface area contributed by atoms with Crippen molar-refractivity contribution in [3.8, 4) is 0 Å². The van der Waals surface area contributed by atoms with Gasteiger partial charge in [-0.25, -0.2) is 9.78 Å². The number of hydrogen-bond donors (Lipinski definition) is 3. The SMILES string of the molecule is Cc1csc(CCCCNC(=O)NCC(O)C(C)(C)C)n1. The lowest BCUT2D eigenvalue weighted by molar-refractivity contribution is 0.0650. The van der Waals surface area contributed by atoms with E-state index in [2.05, 4.69) is 21.0 Å². The van der Waals surface area contributed by atoms with Crippen molar-refractivity contribution in [1.82, 2.24) is 15.6 Å². The number of nitrogens with zero attached hydrogens (tertiary/aromatic N) is 1. The van der Waals surface area contributed by atoms with Crippen LogP contribution < -0.4 is 10.6 Å². The lowest BCUT2D eigenvalue weighted by Crippen LogP contribution is -2.43. The molecule has 0 fully saturated rings. The summed E-state index contributed by atoms with van der Waals surface area (Å²) in [7, 11) is 0. The van der Waals surface area contributed by atoms with E-state index in [0.29, 0.717) is 6.54 Å². The largest absolute Gasteiger partial charge is 0.391 e. The van der Waals surface area contributed by atoms with Crippen LogP contribution in [0.2, 0.25) is 0 Å². The Hall–Kier alpha value is -1.14. The number of thiazole rings is 1. The fraction of sp³-hybridized carbons (Fsp3) is 0.733. The number of urea groups is 1. The molecule has 0 aromatic carbocycles. The lowest BCUT2D eigenvalue weighted by Gasteiger charge is -2.25. The van der Waals surface area contributed by atoms with Crippen molar-refractivity contribution in [3.63, 3.8) is 0 Å². The molecule has 1 rings (SSSR count). The van der Waals surface area contributed by atoms with Crippen LogP contribution in [0.25, 0.3) is 0 Å². The molecular weight excluding hydrogens is 286 g/mol. The van der Waals surface area contributed by atoms with E-state index in [1.807, 2.05) is 27.7 Å². The minimum Gasteiger partial charge on any atom is -0.391 e. The average Bonchev–Trinajstić information content (AvgIpc) is 2.80. The Morgan fingerprint density at radius 1 is 1.38 bits per heavy atom. The Bertz CT molecular complexity index is 440. The van der Waals surface area contributed by atoms with Crippen molar-refractivity contribution in [3.05, 3.63) is 16.1 Å². The van der Waals surface area contributed by atoms with E-state index in [4.69, 9.17) is 0 Å². The predicted octanol–water partition coefficient (Wildman–Crippen LogP) is 2.48. The van der Waals surface area contributed by atoms with E-state index in [0.717, 1.165) is 30.0 Å². The molecular formula is C15H27N3O2S. The monoisotopic (exact) mass is 313 g/mol. The summed E-state index contributed by atoms with van der Waals surface area (Å²) in [5.41, 5.74) is 0.851.